The lowest BCUT2D eigenvalue weighted by atomic mass is 10.1. The Hall–Kier alpha value is -1.62. The lowest BCUT2D eigenvalue weighted by molar-refractivity contribution is 0.0827. The van der Waals surface area contributed by atoms with Crippen LogP contribution in [0.2, 0.25) is 0 Å². The highest BCUT2D eigenvalue weighted by Crippen LogP contribution is 2.13. The molecule has 1 saturated heterocycles. The number of amides is 1. The zero-order valence-corrected chi connectivity index (χ0v) is 10.8. The predicted molar refractivity (Wildman–Crippen MR) is 68.7 cm³/mol. The van der Waals surface area contributed by atoms with Crippen LogP contribution in [-0.2, 0) is 0 Å². The van der Waals surface area contributed by atoms with Crippen molar-refractivity contribution in [3.8, 4) is 5.88 Å². The van der Waals surface area contributed by atoms with Crippen molar-refractivity contribution >= 4 is 5.91 Å². The summed E-state index contributed by atoms with van der Waals surface area (Å²) in [5.41, 5.74) is 0.579. The van der Waals surface area contributed by atoms with Crippen LogP contribution in [0.25, 0.3) is 0 Å². The molecule has 1 aromatic heterocycles. The van der Waals surface area contributed by atoms with Crippen molar-refractivity contribution in [3.63, 3.8) is 0 Å². The van der Waals surface area contributed by atoms with E-state index in [9.17, 15) is 4.79 Å². The van der Waals surface area contributed by atoms with Crippen LogP contribution in [-0.4, -0.2) is 49.6 Å². The molecule has 1 atom stereocenters. The molecule has 0 bridgehead atoms. The lowest BCUT2D eigenvalue weighted by Crippen LogP contribution is -2.21. The van der Waals surface area contributed by atoms with E-state index in [-0.39, 0.29) is 5.91 Å². The van der Waals surface area contributed by atoms with Gasteiger partial charge in [-0.25, -0.2) is 4.98 Å². The molecule has 1 aromatic rings. The van der Waals surface area contributed by atoms with Crippen LogP contribution in [0.5, 0.6) is 5.88 Å². The number of nitrogens with zero attached hydrogens (tertiary/aromatic N) is 2. The number of carbonyl (C=O) groups is 1. The van der Waals surface area contributed by atoms with Gasteiger partial charge < -0.3 is 15.0 Å². The van der Waals surface area contributed by atoms with E-state index in [0.717, 1.165) is 19.5 Å². The topological polar surface area (TPSA) is 54.5 Å². The molecular formula is C13H19N3O2. The van der Waals surface area contributed by atoms with Gasteiger partial charge in [0.15, 0.2) is 0 Å². The summed E-state index contributed by atoms with van der Waals surface area (Å²) < 4.78 is 5.61. The number of hydrogen-bond acceptors (Lipinski definition) is 4. The number of ether oxygens (including phenoxy) is 1. The molecule has 18 heavy (non-hydrogen) atoms. The van der Waals surface area contributed by atoms with Gasteiger partial charge in [-0.05, 0) is 19.0 Å². The first-order valence-electron chi connectivity index (χ1n) is 6.18. The average Bonchev–Trinajstić information content (AvgIpc) is 2.89. The summed E-state index contributed by atoms with van der Waals surface area (Å²) >= 11 is 0. The average molecular weight is 249 g/mol. The number of aromatic nitrogens is 1. The summed E-state index contributed by atoms with van der Waals surface area (Å²) in [5.74, 6) is 1.10. The Labute approximate surface area is 107 Å². The Morgan fingerprint density at radius 1 is 1.56 bits per heavy atom. The number of hydrogen-bond donors (Lipinski definition) is 1. The fraction of sp³-hybridized carbons (Fsp3) is 0.538. The second-order valence-corrected chi connectivity index (χ2v) is 4.75. The Balaban J connectivity index is 1.89. The number of pyridine rings is 1. The zero-order chi connectivity index (χ0) is 13.0. The van der Waals surface area contributed by atoms with E-state index >= 15 is 0 Å². The minimum absolute atomic E-state index is 0.0472. The molecule has 5 nitrogen and oxygen atoms in total. The monoisotopic (exact) mass is 249 g/mol. The third-order valence-electron chi connectivity index (χ3n) is 3.02. The van der Waals surface area contributed by atoms with Crippen LogP contribution in [0.15, 0.2) is 18.3 Å². The SMILES string of the molecule is CN(C)C(=O)c1ccc(OCC2CCNC2)nc1. The first-order chi connectivity index (χ1) is 8.66. The van der Waals surface area contributed by atoms with Gasteiger partial charge in [-0.15, -0.1) is 0 Å². The van der Waals surface area contributed by atoms with Crippen LogP contribution < -0.4 is 10.1 Å². The highest BCUT2D eigenvalue weighted by atomic mass is 16.5. The fourth-order valence-corrected chi connectivity index (χ4v) is 1.91. The molecule has 0 aromatic carbocycles. The van der Waals surface area contributed by atoms with E-state index in [1.54, 1.807) is 32.4 Å². The Bertz CT molecular complexity index is 397. The second kappa shape index (κ2) is 5.82. The minimum atomic E-state index is -0.0472. The molecule has 2 heterocycles. The van der Waals surface area contributed by atoms with Crippen molar-refractivity contribution in [1.82, 2.24) is 15.2 Å². The van der Waals surface area contributed by atoms with E-state index in [2.05, 4.69) is 10.3 Å². The number of nitrogens with one attached hydrogen (secondary N) is 1. The molecule has 2 rings (SSSR count). The fourth-order valence-electron chi connectivity index (χ4n) is 1.91. The van der Waals surface area contributed by atoms with E-state index in [0.29, 0.717) is 24.0 Å². The van der Waals surface area contributed by atoms with Crippen molar-refractivity contribution < 1.29 is 9.53 Å². The molecule has 1 N–H and O–H groups in total. The highest BCUT2D eigenvalue weighted by Gasteiger charge is 2.15. The van der Waals surface area contributed by atoms with Gasteiger partial charge >= 0.3 is 0 Å². The lowest BCUT2D eigenvalue weighted by Gasteiger charge is -2.12. The molecule has 0 radical (unpaired) electrons. The summed E-state index contributed by atoms with van der Waals surface area (Å²) in [6.07, 6.45) is 2.71. The third-order valence-corrected chi connectivity index (χ3v) is 3.02. The van der Waals surface area contributed by atoms with Crippen LogP contribution in [0.3, 0.4) is 0 Å². The van der Waals surface area contributed by atoms with Crippen LogP contribution >= 0.6 is 0 Å². The maximum absolute atomic E-state index is 11.7. The smallest absolute Gasteiger partial charge is 0.254 e. The summed E-state index contributed by atoms with van der Waals surface area (Å²) in [6, 6.07) is 3.50. The van der Waals surface area contributed by atoms with Gasteiger partial charge in [0.2, 0.25) is 5.88 Å². The normalized spacial score (nSPS) is 18.7. The van der Waals surface area contributed by atoms with E-state index in [1.165, 1.54) is 4.90 Å². The van der Waals surface area contributed by atoms with Gasteiger partial charge in [-0.3, -0.25) is 4.79 Å². The molecule has 1 aliphatic rings. The third kappa shape index (κ3) is 3.20. The molecule has 0 spiro atoms. The van der Waals surface area contributed by atoms with Gasteiger partial charge in [0, 0.05) is 38.8 Å². The predicted octanol–water partition coefficient (Wildman–Crippen LogP) is 0.772. The molecule has 0 saturated carbocycles. The first kappa shape index (κ1) is 12.8. The summed E-state index contributed by atoms with van der Waals surface area (Å²) in [5, 5.41) is 3.29. The summed E-state index contributed by atoms with van der Waals surface area (Å²) in [4.78, 5) is 17.3. The van der Waals surface area contributed by atoms with Crippen molar-refractivity contribution in [2.75, 3.05) is 33.8 Å². The summed E-state index contributed by atoms with van der Waals surface area (Å²) in [6.45, 7) is 2.76. The number of carbonyl (C=O) groups excluding carboxylic acids is 1. The van der Waals surface area contributed by atoms with Crippen molar-refractivity contribution in [1.29, 1.82) is 0 Å². The zero-order valence-electron chi connectivity index (χ0n) is 10.8. The maximum Gasteiger partial charge on any atom is 0.254 e. The van der Waals surface area contributed by atoms with E-state index in [1.807, 2.05) is 0 Å². The standard InChI is InChI=1S/C13H19N3O2/c1-16(2)13(17)11-3-4-12(15-8-11)18-9-10-5-6-14-7-10/h3-4,8,10,14H,5-7,9H2,1-2H3. The van der Waals surface area contributed by atoms with Gasteiger partial charge in [0.05, 0.1) is 12.2 Å². The van der Waals surface area contributed by atoms with Crippen molar-refractivity contribution in [3.05, 3.63) is 23.9 Å². The van der Waals surface area contributed by atoms with Crippen LogP contribution in [0.1, 0.15) is 16.8 Å². The van der Waals surface area contributed by atoms with E-state index in [4.69, 9.17) is 4.74 Å². The minimum Gasteiger partial charge on any atom is -0.477 e. The number of rotatable bonds is 4. The molecule has 5 heteroatoms. The quantitative estimate of drug-likeness (QED) is 0.856. The van der Waals surface area contributed by atoms with Gasteiger partial charge in [-0.2, -0.15) is 0 Å². The van der Waals surface area contributed by atoms with Gasteiger partial charge in [-0.1, -0.05) is 0 Å². The molecular weight excluding hydrogens is 230 g/mol. The molecule has 0 aliphatic carbocycles. The maximum atomic E-state index is 11.7. The molecule has 1 amide bonds. The molecule has 98 valence electrons. The molecule has 1 unspecified atom stereocenters. The second-order valence-electron chi connectivity index (χ2n) is 4.75. The highest BCUT2D eigenvalue weighted by molar-refractivity contribution is 5.93. The van der Waals surface area contributed by atoms with E-state index < -0.39 is 0 Å². The van der Waals surface area contributed by atoms with Gasteiger partial charge in [0.1, 0.15) is 0 Å². The summed E-state index contributed by atoms with van der Waals surface area (Å²) in [7, 11) is 3.44. The first-order valence-corrected chi connectivity index (χ1v) is 6.18. The van der Waals surface area contributed by atoms with Crippen LogP contribution in [0, 0.1) is 5.92 Å². The van der Waals surface area contributed by atoms with Gasteiger partial charge in [0.25, 0.3) is 5.91 Å². The van der Waals surface area contributed by atoms with Crippen molar-refractivity contribution in [2.45, 2.75) is 6.42 Å². The molecule has 1 fully saturated rings. The Morgan fingerprint density at radius 2 is 2.39 bits per heavy atom. The Morgan fingerprint density at radius 3 is 2.94 bits per heavy atom. The van der Waals surface area contributed by atoms with Crippen molar-refractivity contribution in [2.24, 2.45) is 5.92 Å². The largest absolute Gasteiger partial charge is 0.477 e. The van der Waals surface area contributed by atoms with Crippen LogP contribution in [0.4, 0.5) is 0 Å². The molecule has 1 aliphatic heterocycles. The Kier molecular flexibility index (Phi) is 4.15.